The van der Waals surface area contributed by atoms with E-state index in [1.165, 1.54) is 4.57 Å². The molecule has 1 atom stereocenters. The maximum Gasteiger partial charge on any atom is 0.425 e. The molecule has 0 aliphatic heterocycles. The van der Waals surface area contributed by atoms with Gasteiger partial charge in [0.1, 0.15) is 6.61 Å². The molecule has 4 rings (SSSR count). The molecule has 1 unspecified atom stereocenters. The van der Waals surface area contributed by atoms with Crippen molar-refractivity contribution in [1.29, 1.82) is 0 Å². The largest absolute Gasteiger partial charge is 0.464 e. The van der Waals surface area contributed by atoms with Gasteiger partial charge in [-0.15, -0.1) is 10.2 Å². The molecule has 0 bridgehead atoms. The van der Waals surface area contributed by atoms with Crippen molar-refractivity contribution in [2.24, 2.45) is 0 Å². The summed E-state index contributed by atoms with van der Waals surface area (Å²) in [5.74, 6) is -2.28. The second-order valence-electron chi connectivity index (χ2n) is 7.61. The number of halogens is 5. The Morgan fingerprint density at radius 2 is 1.89 bits per heavy atom. The van der Waals surface area contributed by atoms with Crippen LogP contribution in [0.25, 0.3) is 16.6 Å². The standard InChI is InChI=1S/C22H19ClF4N6O3/c1-3-32-15(11-35-10-13-7-5-4-6-8-13)31-33(21(32)34)19-17(24)14-9-28-30-18(23)16(14)20(29-19)36-12(2)22(25,26)27/h4-9,12H,3,10-11H2,1-2H3. The number of alkyl halides is 3. The van der Waals surface area contributed by atoms with Crippen molar-refractivity contribution in [2.75, 3.05) is 0 Å². The van der Waals surface area contributed by atoms with Crippen LogP contribution in [0.2, 0.25) is 5.15 Å². The Morgan fingerprint density at radius 1 is 1.17 bits per heavy atom. The van der Waals surface area contributed by atoms with Crippen molar-refractivity contribution in [3.8, 4) is 11.7 Å². The lowest BCUT2D eigenvalue weighted by molar-refractivity contribution is -0.189. The Labute approximate surface area is 206 Å². The van der Waals surface area contributed by atoms with E-state index in [0.717, 1.165) is 18.7 Å². The lowest BCUT2D eigenvalue weighted by Gasteiger charge is -2.19. The highest BCUT2D eigenvalue weighted by Crippen LogP contribution is 2.35. The molecule has 3 aromatic heterocycles. The van der Waals surface area contributed by atoms with Crippen molar-refractivity contribution in [1.82, 2.24) is 29.5 Å². The minimum absolute atomic E-state index is 0.0913. The van der Waals surface area contributed by atoms with Gasteiger partial charge in [0, 0.05) is 6.54 Å². The first-order chi connectivity index (χ1) is 17.1. The first-order valence-electron chi connectivity index (χ1n) is 10.7. The fraction of sp³-hybridized carbons (Fsp3) is 0.318. The van der Waals surface area contributed by atoms with E-state index in [2.05, 4.69) is 20.3 Å². The number of hydrogen-bond donors (Lipinski definition) is 0. The van der Waals surface area contributed by atoms with E-state index in [1.807, 2.05) is 30.3 Å². The molecule has 0 fully saturated rings. The highest BCUT2D eigenvalue weighted by atomic mass is 35.5. The van der Waals surface area contributed by atoms with Gasteiger partial charge in [0.2, 0.25) is 5.88 Å². The molecule has 0 radical (unpaired) electrons. The van der Waals surface area contributed by atoms with Crippen LogP contribution in [-0.2, 0) is 24.5 Å². The Bertz CT molecular complexity index is 1440. The summed E-state index contributed by atoms with van der Waals surface area (Å²) in [5.41, 5.74) is 0.118. The molecule has 14 heteroatoms. The van der Waals surface area contributed by atoms with Gasteiger partial charge in [0.15, 0.2) is 28.7 Å². The van der Waals surface area contributed by atoms with Gasteiger partial charge in [-0.25, -0.2) is 9.18 Å². The van der Waals surface area contributed by atoms with Crippen molar-refractivity contribution in [3.05, 3.63) is 69.4 Å². The molecule has 3 heterocycles. The van der Waals surface area contributed by atoms with Gasteiger partial charge in [-0.3, -0.25) is 4.57 Å². The second kappa shape index (κ2) is 10.2. The molecule has 190 valence electrons. The van der Waals surface area contributed by atoms with Gasteiger partial charge in [0.05, 0.1) is 23.6 Å². The summed E-state index contributed by atoms with van der Waals surface area (Å²) in [7, 11) is 0. The molecule has 0 saturated heterocycles. The van der Waals surface area contributed by atoms with E-state index in [1.54, 1.807) is 6.92 Å². The minimum Gasteiger partial charge on any atom is -0.464 e. The maximum atomic E-state index is 15.5. The summed E-state index contributed by atoms with van der Waals surface area (Å²) in [4.78, 5) is 16.9. The van der Waals surface area contributed by atoms with Gasteiger partial charge in [-0.05, 0) is 19.4 Å². The fourth-order valence-electron chi connectivity index (χ4n) is 3.35. The van der Waals surface area contributed by atoms with Gasteiger partial charge in [-0.1, -0.05) is 41.9 Å². The predicted molar refractivity (Wildman–Crippen MR) is 120 cm³/mol. The molecule has 0 spiro atoms. The van der Waals surface area contributed by atoms with Crippen molar-refractivity contribution in [2.45, 2.75) is 45.9 Å². The Morgan fingerprint density at radius 3 is 2.56 bits per heavy atom. The van der Waals surface area contributed by atoms with E-state index in [-0.39, 0.29) is 36.4 Å². The maximum absolute atomic E-state index is 15.5. The first-order valence-corrected chi connectivity index (χ1v) is 11.0. The summed E-state index contributed by atoms with van der Waals surface area (Å²) < 4.78 is 67.5. The molecule has 9 nitrogen and oxygen atoms in total. The number of aromatic nitrogens is 6. The average Bonchev–Trinajstić information content (AvgIpc) is 3.15. The average molecular weight is 527 g/mol. The van der Waals surface area contributed by atoms with E-state index >= 15 is 4.39 Å². The summed E-state index contributed by atoms with van der Waals surface area (Å²) in [6.45, 7) is 2.74. The Balaban J connectivity index is 1.77. The number of rotatable bonds is 8. The summed E-state index contributed by atoms with van der Waals surface area (Å²) in [6.07, 6.45) is -6.12. The highest BCUT2D eigenvalue weighted by molar-refractivity contribution is 6.34. The van der Waals surface area contributed by atoms with Crippen molar-refractivity contribution < 1.29 is 27.0 Å². The minimum atomic E-state index is -4.75. The van der Waals surface area contributed by atoms with Crippen LogP contribution in [0.1, 0.15) is 25.2 Å². The third kappa shape index (κ3) is 5.02. The smallest absolute Gasteiger partial charge is 0.425 e. The van der Waals surface area contributed by atoms with Crippen LogP contribution in [0.5, 0.6) is 5.88 Å². The van der Waals surface area contributed by atoms with Crippen LogP contribution < -0.4 is 10.4 Å². The molecule has 0 aliphatic rings. The third-order valence-electron chi connectivity index (χ3n) is 5.21. The van der Waals surface area contributed by atoms with Gasteiger partial charge in [-0.2, -0.15) is 27.9 Å². The first kappa shape index (κ1) is 25.5. The number of ether oxygens (including phenoxy) is 2. The van der Waals surface area contributed by atoms with Crippen LogP contribution in [-0.4, -0.2) is 41.8 Å². The summed E-state index contributed by atoms with van der Waals surface area (Å²) in [6, 6.07) is 9.27. The SMILES string of the molecule is CCn1c(COCc2ccccc2)nn(-c2nc(OC(C)C(F)(F)F)c3c(Cl)nncc3c2F)c1=O. The Kier molecular flexibility index (Phi) is 7.22. The summed E-state index contributed by atoms with van der Waals surface area (Å²) >= 11 is 5.97. The normalized spacial score (nSPS) is 12.8. The zero-order valence-corrected chi connectivity index (χ0v) is 19.7. The zero-order valence-electron chi connectivity index (χ0n) is 19.0. The summed E-state index contributed by atoms with van der Waals surface area (Å²) in [5, 5.41) is 10.1. The van der Waals surface area contributed by atoms with Crippen LogP contribution >= 0.6 is 11.6 Å². The molecule has 36 heavy (non-hydrogen) atoms. The molecule has 0 saturated carbocycles. The highest BCUT2D eigenvalue weighted by Gasteiger charge is 2.39. The fourth-order valence-corrected chi connectivity index (χ4v) is 3.57. The molecule has 0 aliphatic carbocycles. The second-order valence-corrected chi connectivity index (χ2v) is 7.97. The lowest BCUT2D eigenvalue weighted by atomic mass is 10.2. The quantitative estimate of drug-likeness (QED) is 0.317. The van der Waals surface area contributed by atoms with Crippen molar-refractivity contribution >= 4 is 22.4 Å². The number of pyridine rings is 1. The Hall–Kier alpha value is -3.58. The predicted octanol–water partition coefficient (Wildman–Crippen LogP) is 4.23. The number of nitrogens with zero attached hydrogens (tertiary/aromatic N) is 6. The number of hydrogen-bond acceptors (Lipinski definition) is 7. The number of benzene rings is 1. The molecular weight excluding hydrogens is 508 g/mol. The van der Waals surface area contributed by atoms with Crippen molar-refractivity contribution in [3.63, 3.8) is 0 Å². The molecule has 0 amide bonds. The van der Waals surface area contributed by atoms with Gasteiger partial charge in [0.25, 0.3) is 0 Å². The zero-order chi connectivity index (χ0) is 26.0. The topological polar surface area (TPSA) is 97.0 Å². The van der Waals surface area contributed by atoms with E-state index in [9.17, 15) is 18.0 Å². The van der Waals surface area contributed by atoms with E-state index in [0.29, 0.717) is 4.68 Å². The van der Waals surface area contributed by atoms with Crippen LogP contribution in [0.15, 0.2) is 41.3 Å². The lowest BCUT2D eigenvalue weighted by Crippen LogP contribution is -2.32. The monoisotopic (exact) mass is 526 g/mol. The number of fused-ring (bicyclic) bond motifs is 1. The van der Waals surface area contributed by atoms with E-state index < -0.39 is 40.6 Å². The van der Waals surface area contributed by atoms with Crippen LogP contribution in [0, 0.1) is 5.82 Å². The van der Waals surface area contributed by atoms with Gasteiger partial charge >= 0.3 is 11.9 Å². The van der Waals surface area contributed by atoms with Crippen LogP contribution in [0.3, 0.4) is 0 Å². The molecule has 0 N–H and O–H groups in total. The van der Waals surface area contributed by atoms with Crippen LogP contribution in [0.4, 0.5) is 17.6 Å². The van der Waals surface area contributed by atoms with Gasteiger partial charge < -0.3 is 9.47 Å². The van der Waals surface area contributed by atoms with E-state index in [4.69, 9.17) is 21.1 Å². The molecular formula is C22H19ClF4N6O3. The molecule has 1 aromatic carbocycles. The third-order valence-corrected chi connectivity index (χ3v) is 5.47. The molecule has 4 aromatic rings.